The summed E-state index contributed by atoms with van der Waals surface area (Å²) >= 11 is 0. The number of nitrogens with one attached hydrogen (secondary N) is 1. The molecule has 0 atom stereocenters. The van der Waals surface area contributed by atoms with Crippen LogP contribution in [0.2, 0.25) is 0 Å². The third-order valence-electron chi connectivity index (χ3n) is 4.33. The van der Waals surface area contributed by atoms with Gasteiger partial charge in [0.05, 0.1) is 11.4 Å². The molecule has 0 radical (unpaired) electrons. The molecule has 4 rings (SSSR count). The van der Waals surface area contributed by atoms with Gasteiger partial charge >= 0.3 is 0 Å². The van der Waals surface area contributed by atoms with Crippen LogP contribution in [-0.2, 0) is 12.8 Å². The summed E-state index contributed by atoms with van der Waals surface area (Å²) in [5.74, 6) is -0.192. The molecule has 0 bridgehead atoms. The number of aromatic nitrogens is 4. The van der Waals surface area contributed by atoms with Crippen LogP contribution in [0.3, 0.4) is 0 Å². The Morgan fingerprint density at radius 2 is 1.87 bits per heavy atom. The van der Waals surface area contributed by atoms with E-state index in [1.54, 1.807) is 4.52 Å². The standard InChI is InChI=1S/C17H17N5O/c1-10-7-15-19-20-16(11(2)22(15)21-10)17(23)18-14-8-12-5-3-4-6-13(12)9-14/h3-7,14H,8-9H2,1-2H3,(H,18,23). The molecule has 1 aliphatic rings. The summed E-state index contributed by atoms with van der Waals surface area (Å²) in [6, 6.07) is 10.3. The molecule has 116 valence electrons. The maximum Gasteiger partial charge on any atom is 0.273 e. The molecule has 1 aromatic carbocycles. The molecule has 3 aromatic rings. The number of amides is 1. The van der Waals surface area contributed by atoms with Gasteiger partial charge in [-0.1, -0.05) is 24.3 Å². The number of nitrogens with zero attached hydrogens (tertiary/aromatic N) is 4. The van der Waals surface area contributed by atoms with Gasteiger partial charge in [-0.25, -0.2) is 4.52 Å². The van der Waals surface area contributed by atoms with Gasteiger partial charge in [-0.05, 0) is 37.8 Å². The zero-order chi connectivity index (χ0) is 16.0. The topological polar surface area (TPSA) is 72.2 Å². The average molecular weight is 307 g/mol. The lowest BCUT2D eigenvalue weighted by molar-refractivity contribution is 0.0931. The zero-order valence-electron chi connectivity index (χ0n) is 13.1. The van der Waals surface area contributed by atoms with Crippen LogP contribution in [0.1, 0.15) is 33.0 Å². The molecule has 0 saturated carbocycles. The summed E-state index contributed by atoms with van der Waals surface area (Å²) in [4.78, 5) is 12.6. The molecule has 6 heteroatoms. The molecule has 0 saturated heterocycles. The average Bonchev–Trinajstić information content (AvgIpc) is 3.09. The van der Waals surface area contributed by atoms with Crippen molar-refractivity contribution in [2.45, 2.75) is 32.7 Å². The number of hydrogen-bond acceptors (Lipinski definition) is 4. The smallest absolute Gasteiger partial charge is 0.273 e. The normalized spacial score (nSPS) is 14.2. The fraction of sp³-hybridized carbons (Fsp3) is 0.294. The van der Waals surface area contributed by atoms with Crippen LogP contribution in [0.5, 0.6) is 0 Å². The number of benzene rings is 1. The van der Waals surface area contributed by atoms with Crippen molar-refractivity contribution in [2.75, 3.05) is 0 Å². The van der Waals surface area contributed by atoms with Gasteiger partial charge in [0.1, 0.15) is 0 Å². The number of aryl methyl sites for hydroxylation is 2. The maximum absolute atomic E-state index is 12.6. The van der Waals surface area contributed by atoms with E-state index >= 15 is 0 Å². The van der Waals surface area contributed by atoms with E-state index < -0.39 is 0 Å². The Hall–Kier alpha value is -2.76. The van der Waals surface area contributed by atoms with E-state index in [0.29, 0.717) is 17.0 Å². The number of carbonyl (C=O) groups excluding carboxylic acids is 1. The Labute approximate surface area is 133 Å². The van der Waals surface area contributed by atoms with Crippen molar-refractivity contribution in [1.82, 2.24) is 25.1 Å². The molecule has 0 spiro atoms. The van der Waals surface area contributed by atoms with E-state index in [0.717, 1.165) is 18.5 Å². The van der Waals surface area contributed by atoms with Gasteiger partial charge < -0.3 is 5.32 Å². The summed E-state index contributed by atoms with van der Waals surface area (Å²) in [6.45, 7) is 3.73. The van der Waals surface area contributed by atoms with Crippen LogP contribution in [0.15, 0.2) is 30.3 Å². The maximum atomic E-state index is 12.6. The Balaban J connectivity index is 1.57. The summed E-state index contributed by atoms with van der Waals surface area (Å²) in [7, 11) is 0. The lowest BCUT2D eigenvalue weighted by atomic mass is 10.1. The minimum Gasteiger partial charge on any atom is -0.347 e. The first-order valence-electron chi connectivity index (χ1n) is 7.69. The second-order valence-electron chi connectivity index (χ2n) is 6.04. The predicted octanol–water partition coefficient (Wildman–Crippen LogP) is 1.64. The highest BCUT2D eigenvalue weighted by Crippen LogP contribution is 2.22. The van der Waals surface area contributed by atoms with Crippen LogP contribution in [-0.4, -0.2) is 31.8 Å². The van der Waals surface area contributed by atoms with Crippen LogP contribution in [0.4, 0.5) is 0 Å². The second-order valence-corrected chi connectivity index (χ2v) is 6.04. The van der Waals surface area contributed by atoms with Gasteiger partial charge in [-0.2, -0.15) is 5.10 Å². The van der Waals surface area contributed by atoms with Crippen molar-refractivity contribution in [1.29, 1.82) is 0 Å². The zero-order valence-corrected chi connectivity index (χ0v) is 13.1. The molecule has 0 aliphatic heterocycles. The van der Waals surface area contributed by atoms with Crippen molar-refractivity contribution in [2.24, 2.45) is 0 Å². The Morgan fingerprint density at radius 1 is 1.17 bits per heavy atom. The van der Waals surface area contributed by atoms with E-state index in [-0.39, 0.29) is 11.9 Å². The van der Waals surface area contributed by atoms with Crippen molar-refractivity contribution < 1.29 is 4.79 Å². The van der Waals surface area contributed by atoms with E-state index in [4.69, 9.17) is 0 Å². The monoisotopic (exact) mass is 307 g/mol. The molecule has 2 heterocycles. The molecule has 1 aliphatic carbocycles. The molecule has 23 heavy (non-hydrogen) atoms. The quantitative estimate of drug-likeness (QED) is 0.781. The van der Waals surface area contributed by atoms with E-state index in [9.17, 15) is 4.79 Å². The van der Waals surface area contributed by atoms with Crippen molar-refractivity contribution in [3.8, 4) is 0 Å². The largest absolute Gasteiger partial charge is 0.347 e. The Kier molecular flexibility index (Phi) is 3.11. The van der Waals surface area contributed by atoms with Crippen molar-refractivity contribution >= 4 is 11.6 Å². The molecule has 2 aromatic heterocycles. The molecule has 0 fully saturated rings. The highest BCUT2D eigenvalue weighted by molar-refractivity contribution is 5.93. The van der Waals surface area contributed by atoms with Crippen LogP contribution < -0.4 is 5.32 Å². The highest BCUT2D eigenvalue weighted by atomic mass is 16.2. The second kappa shape index (κ2) is 5.15. The van der Waals surface area contributed by atoms with Gasteiger partial charge in [0, 0.05) is 12.1 Å². The van der Waals surface area contributed by atoms with E-state index in [1.165, 1.54) is 11.1 Å². The molecule has 6 nitrogen and oxygen atoms in total. The Morgan fingerprint density at radius 3 is 2.57 bits per heavy atom. The van der Waals surface area contributed by atoms with E-state index in [1.807, 2.05) is 32.0 Å². The molecule has 1 N–H and O–H groups in total. The number of carbonyl (C=O) groups is 1. The minimum absolute atomic E-state index is 0.108. The van der Waals surface area contributed by atoms with Gasteiger partial charge in [0.2, 0.25) is 0 Å². The first kappa shape index (κ1) is 13.9. The number of rotatable bonds is 2. The fourth-order valence-electron chi connectivity index (χ4n) is 3.20. The molecular weight excluding hydrogens is 290 g/mol. The third-order valence-corrected chi connectivity index (χ3v) is 4.33. The van der Waals surface area contributed by atoms with Crippen LogP contribution in [0.25, 0.3) is 5.65 Å². The number of hydrogen-bond donors (Lipinski definition) is 1. The molecular formula is C17H17N5O. The highest BCUT2D eigenvalue weighted by Gasteiger charge is 2.24. The molecule has 1 amide bonds. The summed E-state index contributed by atoms with van der Waals surface area (Å²) in [6.07, 6.45) is 1.72. The summed E-state index contributed by atoms with van der Waals surface area (Å²) < 4.78 is 1.67. The lowest BCUT2D eigenvalue weighted by Gasteiger charge is -2.12. The predicted molar refractivity (Wildman–Crippen MR) is 85.4 cm³/mol. The van der Waals surface area contributed by atoms with Crippen molar-refractivity contribution in [3.05, 3.63) is 58.5 Å². The van der Waals surface area contributed by atoms with Crippen LogP contribution in [0, 0.1) is 13.8 Å². The van der Waals surface area contributed by atoms with E-state index in [2.05, 4.69) is 32.7 Å². The van der Waals surface area contributed by atoms with Gasteiger partial charge in [0.15, 0.2) is 11.3 Å². The summed E-state index contributed by atoms with van der Waals surface area (Å²) in [5, 5.41) is 15.6. The van der Waals surface area contributed by atoms with Gasteiger partial charge in [-0.3, -0.25) is 4.79 Å². The minimum atomic E-state index is -0.192. The van der Waals surface area contributed by atoms with Crippen LogP contribution >= 0.6 is 0 Å². The molecule has 0 unspecified atom stereocenters. The first-order valence-corrected chi connectivity index (χ1v) is 7.69. The number of fused-ring (bicyclic) bond motifs is 2. The lowest BCUT2D eigenvalue weighted by Crippen LogP contribution is -2.36. The van der Waals surface area contributed by atoms with Crippen molar-refractivity contribution in [3.63, 3.8) is 0 Å². The first-order chi connectivity index (χ1) is 11.1. The third kappa shape index (κ3) is 2.36. The van der Waals surface area contributed by atoms with Gasteiger partial charge in [0.25, 0.3) is 5.91 Å². The Bertz CT molecular complexity index is 889. The van der Waals surface area contributed by atoms with Gasteiger partial charge in [-0.15, -0.1) is 10.2 Å². The summed E-state index contributed by atoms with van der Waals surface area (Å²) in [5.41, 5.74) is 5.15. The SMILES string of the molecule is Cc1cc2nnc(C(=O)NC3Cc4ccccc4C3)c(C)n2n1. The fourth-order valence-corrected chi connectivity index (χ4v) is 3.20.